The highest BCUT2D eigenvalue weighted by Crippen LogP contribution is 2.21. The van der Waals surface area contributed by atoms with Crippen LogP contribution in [0.3, 0.4) is 0 Å². The van der Waals surface area contributed by atoms with Gasteiger partial charge in [0.05, 0.1) is 23.8 Å². The van der Waals surface area contributed by atoms with Crippen LogP contribution in [0.15, 0.2) is 24.3 Å². The van der Waals surface area contributed by atoms with Crippen LogP contribution in [0.2, 0.25) is 0 Å². The number of nitrogens with zero attached hydrogens (tertiary/aromatic N) is 2. The fraction of sp³-hybridized carbons (Fsp3) is 0.562. The maximum Gasteiger partial charge on any atom is 0.208 e. The van der Waals surface area contributed by atoms with E-state index < -0.39 is 10.0 Å². The van der Waals surface area contributed by atoms with E-state index in [1.165, 1.54) is 12.7 Å². The molecule has 1 fully saturated rings. The molecule has 3 rings (SSSR count). The van der Waals surface area contributed by atoms with Crippen molar-refractivity contribution < 1.29 is 8.42 Å². The van der Waals surface area contributed by atoms with Crippen LogP contribution >= 0.6 is 0 Å². The molecule has 7 heteroatoms. The normalized spacial score (nSPS) is 20.1. The van der Waals surface area contributed by atoms with Crippen molar-refractivity contribution in [3.8, 4) is 0 Å². The average molecular weight is 336 g/mol. The zero-order chi connectivity index (χ0) is 16.3. The highest BCUT2D eigenvalue weighted by atomic mass is 32.2. The van der Waals surface area contributed by atoms with Gasteiger partial charge in [-0.2, -0.15) is 0 Å². The molecule has 0 spiro atoms. The molecule has 23 heavy (non-hydrogen) atoms. The van der Waals surface area contributed by atoms with E-state index in [1.54, 1.807) is 0 Å². The minimum absolute atomic E-state index is 0.530. The first-order valence-corrected chi connectivity index (χ1v) is 9.99. The number of hydrogen-bond donors (Lipinski definition) is 2. The molecule has 2 N–H and O–H groups in total. The van der Waals surface area contributed by atoms with Crippen molar-refractivity contribution in [2.24, 2.45) is 5.92 Å². The summed E-state index contributed by atoms with van der Waals surface area (Å²) in [6, 6.07) is 8.07. The summed E-state index contributed by atoms with van der Waals surface area (Å²) in [5.41, 5.74) is 2.09. The van der Waals surface area contributed by atoms with Gasteiger partial charge in [0.25, 0.3) is 0 Å². The number of likely N-dealkylation sites (tertiary alicyclic amines) is 1. The predicted octanol–water partition coefficient (Wildman–Crippen LogP) is 1.71. The number of fused-ring (bicyclic) bond motifs is 1. The molecule has 1 aromatic heterocycles. The van der Waals surface area contributed by atoms with Gasteiger partial charge in [0, 0.05) is 13.1 Å². The van der Waals surface area contributed by atoms with Crippen LogP contribution in [0.4, 0.5) is 0 Å². The molecule has 0 saturated carbocycles. The molecule has 2 aromatic rings. The molecule has 1 aliphatic heterocycles. The number of piperidine rings is 1. The predicted molar refractivity (Wildman–Crippen MR) is 91.6 cm³/mol. The first kappa shape index (κ1) is 16.4. The van der Waals surface area contributed by atoms with Crippen LogP contribution in [-0.4, -0.2) is 49.2 Å². The molecule has 0 radical (unpaired) electrons. The summed E-state index contributed by atoms with van der Waals surface area (Å²) in [7, 11) is -3.08. The Hall–Kier alpha value is -1.44. The Morgan fingerprint density at radius 1 is 1.39 bits per heavy atom. The second-order valence-electron chi connectivity index (χ2n) is 6.40. The molecular formula is C16H24N4O2S. The first-order chi connectivity index (χ1) is 11.0. The second-order valence-corrected chi connectivity index (χ2v) is 8.23. The highest BCUT2D eigenvalue weighted by molar-refractivity contribution is 7.88. The van der Waals surface area contributed by atoms with Gasteiger partial charge < -0.3 is 4.98 Å². The van der Waals surface area contributed by atoms with Crippen molar-refractivity contribution in [1.82, 2.24) is 19.6 Å². The molecule has 1 aromatic carbocycles. The summed E-state index contributed by atoms with van der Waals surface area (Å²) < 4.78 is 24.8. The molecule has 126 valence electrons. The molecule has 1 atom stereocenters. The van der Waals surface area contributed by atoms with Crippen LogP contribution in [0.1, 0.15) is 25.1 Å². The molecule has 2 heterocycles. The van der Waals surface area contributed by atoms with E-state index in [0.717, 1.165) is 49.3 Å². The molecule has 1 aliphatic rings. The van der Waals surface area contributed by atoms with E-state index in [4.69, 9.17) is 0 Å². The highest BCUT2D eigenvalue weighted by Gasteiger charge is 2.21. The third kappa shape index (κ3) is 4.76. The minimum Gasteiger partial charge on any atom is -0.341 e. The van der Waals surface area contributed by atoms with Gasteiger partial charge in [-0.25, -0.2) is 18.1 Å². The summed E-state index contributed by atoms with van der Waals surface area (Å²) in [5.74, 6) is 1.54. The van der Waals surface area contributed by atoms with Gasteiger partial charge >= 0.3 is 0 Å². The van der Waals surface area contributed by atoms with Crippen LogP contribution in [0.25, 0.3) is 11.0 Å². The fourth-order valence-electron chi connectivity index (χ4n) is 3.27. The summed E-state index contributed by atoms with van der Waals surface area (Å²) in [5, 5.41) is 0. The van der Waals surface area contributed by atoms with Crippen molar-refractivity contribution in [2.45, 2.75) is 25.8 Å². The van der Waals surface area contributed by atoms with Gasteiger partial charge in [0.15, 0.2) is 0 Å². The van der Waals surface area contributed by atoms with Crippen molar-refractivity contribution in [3.63, 3.8) is 0 Å². The van der Waals surface area contributed by atoms with Gasteiger partial charge in [-0.3, -0.25) is 4.90 Å². The van der Waals surface area contributed by atoms with E-state index in [0.29, 0.717) is 12.5 Å². The third-order valence-electron chi connectivity index (χ3n) is 4.33. The Balaban J connectivity index is 1.54. The SMILES string of the molecule is CS(=O)(=O)NCC[C@@H]1CCCN(Cc2nc3ccccc3[nH]2)C1. The topological polar surface area (TPSA) is 78.1 Å². The number of sulfonamides is 1. The Bertz CT molecular complexity index is 723. The zero-order valence-corrected chi connectivity index (χ0v) is 14.3. The second kappa shape index (κ2) is 6.98. The Morgan fingerprint density at radius 3 is 3.00 bits per heavy atom. The van der Waals surface area contributed by atoms with Gasteiger partial charge in [-0.05, 0) is 43.9 Å². The zero-order valence-electron chi connectivity index (χ0n) is 13.5. The van der Waals surface area contributed by atoms with Crippen molar-refractivity contribution in [2.75, 3.05) is 25.9 Å². The number of nitrogens with one attached hydrogen (secondary N) is 2. The van der Waals surface area contributed by atoms with Gasteiger partial charge in [0.2, 0.25) is 10.0 Å². The van der Waals surface area contributed by atoms with Crippen LogP contribution < -0.4 is 4.72 Å². The lowest BCUT2D eigenvalue weighted by molar-refractivity contribution is 0.159. The van der Waals surface area contributed by atoms with Crippen molar-refractivity contribution in [3.05, 3.63) is 30.1 Å². The van der Waals surface area contributed by atoms with E-state index >= 15 is 0 Å². The number of benzene rings is 1. The van der Waals surface area contributed by atoms with Gasteiger partial charge in [-0.15, -0.1) is 0 Å². The Labute approximate surface area is 137 Å². The van der Waals surface area contributed by atoms with Gasteiger partial charge in [0.1, 0.15) is 5.82 Å². The molecule has 1 saturated heterocycles. The minimum atomic E-state index is -3.08. The molecule has 0 bridgehead atoms. The average Bonchev–Trinajstić information content (AvgIpc) is 2.88. The third-order valence-corrected chi connectivity index (χ3v) is 5.06. The standard InChI is InChI=1S/C16H24N4O2S/c1-23(21,22)17-9-8-13-5-4-10-20(11-13)12-16-18-14-6-2-3-7-15(14)19-16/h2-3,6-7,13,17H,4-5,8-12H2,1H3,(H,18,19)/t13-/m0/s1. The monoisotopic (exact) mass is 336 g/mol. The number of aromatic nitrogens is 2. The summed E-state index contributed by atoms with van der Waals surface area (Å²) >= 11 is 0. The smallest absolute Gasteiger partial charge is 0.208 e. The summed E-state index contributed by atoms with van der Waals surface area (Å²) in [6.45, 7) is 3.43. The lowest BCUT2D eigenvalue weighted by atomic mass is 9.95. The number of aromatic amines is 1. The molecule has 0 amide bonds. The number of hydrogen-bond acceptors (Lipinski definition) is 4. The number of para-hydroxylation sites is 2. The summed E-state index contributed by atoms with van der Waals surface area (Å²) in [6.07, 6.45) is 4.43. The van der Waals surface area contributed by atoms with Crippen LogP contribution in [-0.2, 0) is 16.6 Å². The maximum atomic E-state index is 11.1. The number of H-pyrrole nitrogens is 1. The lowest BCUT2D eigenvalue weighted by Gasteiger charge is -2.32. The van der Waals surface area contributed by atoms with Gasteiger partial charge in [-0.1, -0.05) is 12.1 Å². The maximum absolute atomic E-state index is 11.1. The van der Waals surface area contributed by atoms with Crippen LogP contribution in [0, 0.1) is 5.92 Å². The first-order valence-electron chi connectivity index (χ1n) is 8.10. The number of imidazole rings is 1. The van der Waals surface area contributed by atoms with E-state index in [2.05, 4.69) is 19.6 Å². The quantitative estimate of drug-likeness (QED) is 0.842. The molecule has 6 nitrogen and oxygen atoms in total. The summed E-state index contributed by atoms with van der Waals surface area (Å²) in [4.78, 5) is 10.4. The van der Waals surface area contributed by atoms with Crippen LogP contribution in [0.5, 0.6) is 0 Å². The van der Waals surface area contributed by atoms with E-state index in [1.807, 2.05) is 24.3 Å². The van der Waals surface area contributed by atoms with E-state index in [-0.39, 0.29) is 0 Å². The van der Waals surface area contributed by atoms with E-state index in [9.17, 15) is 8.42 Å². The Kier molecular flexibility index (Phi) is 4.99. The Morgan fingerprint density at radius 2 is 2.22 bits per heavy atom. The molecule has 0 unspecified atom stereocenters. The van der Waals surface area contributed by atoms with Crippen molar-refractivity contribution in [1.29, 1.82) is 0 Å². The fourth-order valence-corrected chi connectivity index (χ4v) is 3.76. The largest absolute Gasteiger partial charge is 0.341 e. The number of rotatable bonds is 6. The molecular weight excluding hydrogens is 312 g/mol. The van der Waals surface area contributed by atoms with Crippen molar-refractivity contribution >= 4 is 21.1 Å². The molecule has 0 aliphatic carbocycles. The lowest BCUT2D eigenvalue weighted by Crippen LogP contribution is -2.36.